The third kappa shape index (κ3) is 16.8. The van der Waals surface area contributed by atoms with Gasteiger partial charge in [-0.25, -0.2) is 9.97 Å². The fourth-order valence-electron chi connectivity index (χ4n) is 7.32. The second-order valence-electron chi connectivity index (χ2n) is 15.6. The van der Waals surface area contributed by atoms with E-state index in [2.05, 4.69) is 188 Å². The van der Waals surface area contributed by atoms with Gasteiger partial charge >= 0.3 is 5.13 Å². The summed E-state index contributed by atoms with van der Waals surface area (Å²) < 4.78 is 0. The highest BCUT2D eigenvalue weighted by Gasteiger charge is 2.12. The van der Waals surface area contributed by atoms with Crippen molar-refractivity contribution in [1.29, 1.82) is 5.39 Å². The van der Waals surface area contributed by atoms with Gasteiger partial charge in [-0.3, -0.25) is 0 Å². The van der Waals surface area contributed by atoms with E-state index in [0.29, 0.717) is 15.4 Å². The average molecular weight is 955 g/mol. The number of hydrogen-bond acceptors (Lipinski definition) is 15. The van der Waals surface area contributed by atoms with Crippen LogP contribution in [0.3, 0.4) is 0 Å². The van der Waals surface area contributed by atoms with E-state index in [9.17, 15) is 0 Å². The quantitative estimate of drug-likeness (QED) is 0.0545. The molecule has 0 N–H and O–H groups in total. The van der Waals surface area contributed by atoms with Crippen LogP contribution in [0.4, 0.5) is 49.5 Å². The van der Waals surface area contributed by atoms with Crippen LogP contribution < -0.4 is 19.6 Å². The first-order chi connectivity index (χ1) is 32.6. The number of aryl methyl sites for hydroxylation is 4. The predicted molar refractivity (Wildman–Crippen MR) is 285 cm³/mol. The van der Waals surface area contributed by atoms with Crippen LogP contribution in [0.15, 0.2) is 140 Å². The van der Waals surface area contributed by atoms with Crippen molar-refractivity contribution in [2.24, 2.45) is 20.5 Å². The zero-order valence-electron chi connectivity index (χ0n) is 40.2. The van der Waals surface area contributed by atoms with Crippen molar-refractivity contribution in [1.82, 2.24) is 15.0 Å². The lowest BCUT2D eigenvalue weighted by Crippen LogP contribution is -2.30. The third-order valence-electron chi connectivity index (χ3n) is 10.9. The number of anilines is 4. The summed E-state index contributed by atoms with van der Waals surface area (Å²) in [5, 5.41) is 32.5. The molecule has 0 saturated carbocycles. The van der Waals surface area contributed by atoms with Gasteiger partial charge in [0.05, 0.1) is 16.8 Å². The lowest BCUT2D eigenvalue weighted by Gasteiger charge is -2.27. The summed E-state index contributed by atoms with van der Waals surface area (Å²) in [4.78, 5) is 24.6. The summed E-state index contributed by atoms with van der Waals surface area (Å²) in [7, 11) is 0. The van der Waals surface area contributed by atoms with Gasteiger partial charge in [-0.2, -0.15) is 0 Å². The van der Waals surface area contributed by atoms with Crippen LogP contribution in [0.5, 0.6) is 0 Å². The first-order valence-corrected chi connectivity index (χ1v) is 25.5. The Morgan fingerprint density at radius 3 is 1.16 bits per heavy atom. The third-order valence-corrected chi connectivity index (χ3v) is 12.9. The topological polar surface area (TPSA) is 129 Å². The fraction of sp³-hybridized carbons (Fsp3) is 0.353. The van der Waals surface area contributed by atoms with Crippen molar-refractivity contribution in [3.05, 3.63) is 147 Å². The van der Waals surface area contributed by atoms with Crippen LogP contribution >= 0.6 is 34.0 Å². The Morgan fingerprint density at radius 1 is 0.478 bits per heavy atom. The number of thiazole rings is 3. The molecular formula is C51H64N13S3+. The van der Waals surface area contributed by atoms with Gasteiger partial charge < -0.3 is 19.6 Å². The molecule has 0 spiro atoms. The smallest absolute Gasteiger partial charge is 0.372 e. The highest BCUT2D eigenvalue weighted by molar-refractivity contribution is 7.14. The van der Waals surface area contributed by atoms with E-state index in [1.54, 1.807) is 24.0 Å². The van der Waals surface area contributed by atoms with Gasteiger partial charge in [0.25, 0.3) is 0 Å². The normalized spacial score (nSPS) is 10.9. The van der Waals surface area contributed by atoms with E-state index >= 15 is 0 Å². The maximum Gasteiger partial charge on any atom is 0.523 e. The number of hydrogen-bond donors (Lipinski definition) is 0. The van der Waals surface area contributed by atoms with Crippen LogP contribution in [0.25, 0.3) is 4.98 Å². The number of benzene rings is 4. The molecule has 7 rings (SSSR count). The molecule has 0 aliphatic heterocycles. The highest BCUT2D eigenvalue weighted by atomic mass is 32.1. The summed E-state index contributed by atoms with van der Waals surface area (Å²) in [5.41, 5.74) is 11.7. The number of aromatic nitrogens is 3. The van der Waals surface area contributed by atoms with Crippen molar-refractivity contribution in [3.8, 4) is 0 Å². The van der Waals surface area contributed by atoms with Crippen molar-refractivity contribution < 1.29 is 0 Å². The maximum atomic E-state index is 8.00. The lowest BCUT2D eigenvalue weighted by molar-refractivity contribution is 0.710. The van der Waals surface area contributed by atoms with Crippen LogP contribution in [0, 0.1) is 33.1 Å². The van der Waals surface area contributed by atoms with Crippen molar-refractivity contribution in [2.75, 3.05) is 72.0 Å². The van der Waals surface area contributed by atoms with E-state index in [4.69, 9.17) is 5.39 Å². The molecule has 13 nitrogen and oxygen atoms in total. The largest absolute Gasteiger partial charge is 0.523 e. The molecule has 0 fully saturated rings. The fourth-order valence-corrected chi connectivity index (χ4v) is 8.64. The van der Waals surface area contributed by atoms with E-state index < -0.39 is 0 Å². The van der Waals surface area contributed by atoms with Crippen LogP contribution in [-0.4, -0.2) is 67.3 Å². The minimum absolute atomic E-state index is 0.403. The molecule has 0 atom stereocenters. The van der Waals surface area contributed by atoms with Gasteiger partial charge in [-0.1, -0.05) is 24.3 Å². The SMILES string of the molecule is CCN(CCCN(CC)c1ccc(N=Nc2nccs2)c(C)c1)c1ccc(N=Nc2nccs2)c(C)c1.CCN(CCCN(CC)c1cccc(C)c1)c1cccc(C)c1.N#[N+]c1nccs1. The molecule has 3 heterocycles. The Kier molecular flexibility index (Phi) is 21.5. The molecule has 3 aromatic heterocycles. The molecule has 0 bridgehead atoms. The Labute approximate surface area is 409 Å². The van der Waals surface area contributed by atoms with Gasteiger partial charge in [0.15, 0.2) is 6.20 Å². The first-order valence-electron chi connectivity index (χ1n) is 22.9. The molecule has 7 aromatic rings. The summed E-state index contributed by atoms with van der Waals surface area (Å²) in [6.45, 7) is 25.5. The number of azo groups is 2. The first kappa shape index (κ1) is 51.6. The molecular weight excluding hydrogens is 891 g/mol. The molecule has 67 heavy (non-hydrogen) atoms. The van der Waals surface area contributed by atoms with E-state index in [-0.39, 0.29) is 0 Å². The number of nitrogens with zero attached hydrogens (tertiary/aromatic N) is 13. The second kappa shape index (κ2) is 27.9. The zero-order valence-corrected chi connectivity index (χ0v) is 42.6. The number of rotatable bonds is 20. The van der Waals surface area contributed by atoms with Crippen molar-refractivity contribution in [2.45, 2.75) is 68.2 Å². The van der Waals surface area contributed by atoms with Gasteiger partial charge in [0.1, 0.15) is 0 Å². The van der Waals surface area contributed by atoms with Crippen LogP contribution in [0.2, 0.25) is 0 Å². The van der Waals surface area contributed by atoms with Crippen LogP contribution in [-0.2, 0) is 0 Å². The standard InChI is InChI=1S/C27H32N8S2.C21H30N2.C3H2N3S/c1-5-34(22-8-10-24(20(3)18-22)30-32-26-28-12-16-36-26)14-7-15-35(6-2)23-9-11-25(21(4)19-23)31-33-27-29-13-17-37-27;1-5-22(20-12-7-10-18(3)16-20)14-9-15-23(6-2)21-13-8-11-19(4)17-21;4-6-3-5-1-2-7-3/h8-13,16-19H,5-7,14-15H2,1-4H3;7-8,10-13,16-17H,5-6,9,14-15H2,1-4H3;1-2H/q;;+1. The Balaban J connectivity index is 0.000000236. The molecule has 0 saturated heterocycles. The monoisotopic (exact) mass is 954 g/mol. The zero-order chi connectivity index (χ0) is 47.8. The van der Waals surface area contributed by atoms with Gasteiger partial charge in [0, 0.05) is 109 Å². The van der Waals surface area contributed by atoms with Gasteiger partial charge in [-0.15, -0.1) is 43.1 Å². The van der Waals surface area contributed by atoms with E-state index in [1.807, 2.05) is 22.9 Å². The molecule has 0 aliphatic carbocycles. The van der Waals surface area contributed by atoms with E-state index in [0.717, 1.165) is 81.3 Å². The maximum absolute atomic E-state index is 8.00. The van der Waals surface area contributed by atoms with Crippen molar-refractivity contribution in [3.63, 3.8) is 0 Å². The average Bonchev–Trinajstić information content (AvgIpc) is 4.18. The lowest BCUT2D eigenvalue weighted by atomic mass is 10.1. The summed E-state index contributed by atoms with van der Waals surface area (Å²) in [5.74, 6) is 0. The minimum Gasteiger partial charge on any atom is -0.372 e. The molecule has 0 radical (unpaired) electrons. The molecule has 4 aromatic carbocycles. The summed E-state index contributed by atoms with van der Waals surface area (Å²) >= 11 is 4.25. The number of diazo groups is 1. The Bertz CT molecular complexity index is 2430. The summed E-state index contributed by atoms with van der Waals surface area (Å²) in [6.07, 6.45) is 7.28. The van der Waals surface area contributed by atoms with Crippen LogP contribution in [0.1, 0.15) is 62.8 Å². The second-order valence-corrected chi connectivity index (χ2v) is 18.2. The molecule has 0 unspecified atom stereocenters. The predicted octanol–water partition coefficient (Wildman–Crippen LogP) is 15.5. The molecule has 16 heteroatoms. The van der Waals surface area contributed by atoms with Gasteiger partial charge in [-0.05, 0) is 167 Å². The van der Waals surface area contributed by atoms with Gasteiger partial charge in [0.2, 0.25) is 10.3 Å². The Morgan fingerprint density at radius 2 is 0.866 bits per heavy atom. The highest BCUT2D eigenvalue weighted by Crippen LogP contribution is 2.30. The molecule has 0 amide bonds. The Hall–Kier alpha value is -6.41. The summed E-state index contributed by atoms with van der Waals surface area (Å²) in [6, 6.07) is 30.3. The van der Waals surface area contributed by atoms with E-state index in [1.165, 1.54) is 74.3 Å². The molecule has 350 valence electrons. The van der Waals surface area contributed by atoms with Crippen molar-refractivity contribution >= 4 is 83.5 Å². The minimum atomic E-state index is 0.403. The molecule has 0 aliphatic rings.